The summed E-state index contributed by atoms with van der Waals surface area (Å²) in [5.41, 5.74) is 0. The van der Waals surface area contributed by atoms with E-state index in [-0.39, 0.29) is 0 Å². The van der Waals surface area contributed by atoms with E-state index < -0.39 is 0 Å². The van der Waals surface area contributed by atoms with Crippen LogP contribution in [-0.4, -0.2) is 46.4 Å². The van der Waals surface area contributed by atoms with Gasteiger partial charge in [0.25, 0.3) is 0 Å². The van der Waals surface area contributed by atoms with Crippen LogP contribution in [0, 0.1) is 0 Å². The molecular weight excluding hydrogens is 152 g/mol. The third-order valence-electron chi connectivity index (χ3n) is 3.20. The van der Waals surface area contributed by atoms with Crippen molar-refractivity contribution in [2.24, 2.45) is 0 Å². The van der Waals surface area contributed by atoms with Gasteiger partial charge in [-0.05, 0) is 26.7 Å². The quantitative estimate of drug-likeness (QED) is 0.634. The van der Waals surface area contributed by atoms with Crippen molar-refractivity contribution in [2.75, 3.05) is 13.1 Å². The Morgan fingerprint density at radius 3 is 2.08 bits per heavy atom. The third-order valence-corrected chi connectivity index (χ3v) is 3.20. The van der Waals surface area contributed by atoms with Crippen molar-refractivity contribution >= 4 is 0 Å². The fourth-order valence-corrected chi connectivity index (χ4v) is 2.33. The number of piperazine rings is 1. The summed E-state index contributed by atoms with van der Waals surface area (Å²) in [7, 11) is 0. The van der Waals surface area contributed by atoms with Gasteiger partial charge in [0.2, 0.25) is 0 Å². The lowest BCUT2D eigenvalue weighted by atomic mass is 10.2. The molecule has 2 unspecified atom stereocenters. The van der Waals surface area contributed by atoms with Crippen molar-refractivity contribution in [3.63, 3.8) is 0 Å². The summed E-state index contributed by atoms with van der Waals surface area (Å²) in [5, 5.41) is 11.2. The summed E-state index contributed by atoms with van der Waals surface area (Å²) in [6.45, 7) is 6.55. The molecule has 0 aromatic rings. The van der Waals surface area contributed by atoms with E-state index in [0.29, 0.717) is 18.1 Å². The van der Waals surface area contributed by atoms with Crippen LogP contribution >= 0.6 is 0 Å². The molecule has 1 N–H and O–H groups in total. The van der Waals surface area contributed by atoms with Gasteiger partial charge in [0, 0.05) is 31.2 Å². The fourth-order valence-electron chi connectivity index (χ4n) is 2.33. The summed E-state index contributed by atoms with van der Waals surface area (Å²) >= 11 is 0. The van der Waals surface area contributed by atoms with E-state index in [2.05, 4.69) is 18.7 Å². The van der Waals surface area contributed by atoms with Crippen LogP contribution in [0.3, 0.4) is 0 Å². The van der Waals surface area contributed by atoms with E-state index in [1.54, 1.807) is 5.06 Å². The van der Waals surface area contributed by atoms with E-state index >= 15 is 0 Å². The van der Waals surface area contributed by atoms with Crippen molar-refractivity contribution in [3.8, 4) is 0 Å². The van der Waals surface area contributed by atoms with Gasteiger partial charge in [-0.25, -0.2) is 0 Å². The second kappa shape index (κ2) is 2.98. The molecule has 2 saturated heterocycles. The lowest BCUT2D eigenvalue weighted by molar-refractivity contribution is -0.166. The second-order valence-corrected chi connectivity index (χ2v) is 4.31. The molecule has 2 aliphatic heterocycles. The summed E-state index contributed by atoms with van der Waals surface area (Å²) in [6, 6.07) is 1.44. The molecule has 12 heavy (non-hydrogen) atoms. The van der Waals surface area contributed by atoms with Gasteiger partial charge < -0.3 is 5.21 Å². The van der Waals surface area contributed by atoms with Crippen molar-refractivity contribution in [1.29, 1.82) is 0 Å². The first-order valence-electron chi connectivity index (χ1n) is 4.89. The van der Waals surface area contributed by atoms with Gasteiger partial charge >= 0.3 is 0 Å². The van der Waals surface area contributed by atoms with Crippen LogP contribution in [0.4, 0.5) is 0 Å². The number of rotatable bonds is 1. The predicted molar refractivity (Wildman–Crippen MR) is 47.1 cm³/mol. The molecular formula is C9H18N2O. The molecule has 3 heteroatoms. The van der Waals surface area contributed by atoms with Crippen LogP contribution in [0.1, 0.15) is 26.7 Å². The third kappa shape index (κ3) is 1.26. The smallest absolute Gasteiger partial charge is 0.0481 e. The van der Waals surface area contributed by atoms with Crippen molar-refractivity contribution < 1.29 is 5.21 Å². The summed E-state index contributed by atoms with van der Waals surface area (Å²) < 4.78 is 0. The standard InChI is InChI=1S/C9H18N2O/c1-7(2)10-5-8-3-4-9(6-10)11(8)12/h7-9,12H,3-6H2,1-2H3. The molecule has 2 atom stereocenters. The molecule has 70 valence electrons. The van der Waals surface area contributed by atoms with Crippen LogP contribution in [-0.2, 0) is 0 Å². The minimum Gasteiger partial charge on any atom is -0.313 e. The van der Waals surface area contributed by atoms with Crippen LogP contribution in [0.2, 0.25) is 0 Å². The van der Waals surface area contributed by atoms with Crippen molar-refractivity contribution in [3.05, 3.63) is 0 Å². The molecule has 0 aromatic carbocycles. The number of hydrogen-bond donors (Lipinski definition) is 1. The first-order valence-corrected chi connectivity index (χ1v) is 4.89. The Labute approximate surface area is 73.9 Å². The highest BCUT2D eigenvalue weighted by Crippen LogP contribution is 2.28. The van der Waals surface area contributed by atoms with Crippen LogP contribution < -0.4 is 0 Å². The lowest BCUT2D eigenvalue weighted by Gasteiger charge is -2.39. The molecule has 0 radical (unpaired) electrons. The molecule has 2 fully saturated rings. The zero-order valence-corrected chi connectivity index (χ0v) is 7.90. The molecule has 0 aromatic heterocycles. The molecule has 2 bridgehead atoms. The average molecular weight is 170 g/mol. The largest absolute Gasteiger partial charge is 0.313 e. The maximum absolute atomic E-state index is 9.61. The number of hydrogen-bond acceptors (Lipinski definition) is 3. The molecule has 0 spiro atoms. The summed E-state index contributed by atoms with van der Waals surface area (Å²) in [5.74, 6) is 0. The Kier molecular flexibility index (Phi) is 2.10. The topological polar surface area (TPSA) is 26.7 Å². The van der Waals surface area contributed by atoms with Gasteiger partial charge in [-0.2, -0.15) is 5.06 Å². The van der Waals surface area contributed by atoms with Gasteiger partial charge in [-0.1, -0.05) is 0 Å². The van der Waals surface area contributed by atoms with E-state index in [9.17, 15) is 5.21 Å². The Morgan fingerprint density at radius 1 is 1.17 bits per heavy atom. The number of hydroxylamine groups is 2. The Morgan fingerprint density at radius 2 is 1.67 bits per heavy atom. The first-order chi connectivity index (χ1) is 5.68. The van der Waals surface area contributed by atoms with Crippen LogP contribution in [0.15, 0.2) is 0 Å². The van der Waals surface area contributed by atoms with E-state index in [4.69, 9.17) is 0 Å². The Bertz CT molecular complexity index is 158. The molecule has 0 aliphatic carbocycles. The molecule has 0 saturated carbocycles. The highest BCUT2D eigenvalue weighted by Gasteiger charge is 2.39. The normalized spacial score (nSPS) is 38.0. The molecule has 3 nitrogen and oxygen atoms in total. The first kappa shape index (κ1) is 8.48. The monoisotopic (exact) mass is 170 g/mol. The highest BCUT2D eigenvalue weighted by atomic mass is 16.5. The highest BCUT2D eigenvalue weighted by molar-refractivity contribution is 4.92. The van der Waals surface area contributed by atoms with E-state index in [1.807, 2.05) is 0 Å². The van der Waals surface area contributed by atoms with Gasteiger partial charge in [-0.15, -0.1) is 0 Å². The molecule has 2 rings (SSSR count). The second-order valence-electron chi connectivity index (χ2n) is 4.31. The SMILES string of the molecule is CC(C)N1CC2CCC(C1)N2O. The van der Waals surface area contributed by atoms with Gasteiger partial charge in [0.05, 0.1) is 0 Å². The summed E-state index contributed by atoms with van der Waals surface area (Å²) in [6.07, 6.45) is 2.34. The zero-order valence-electron chi connectivity index (χ0n) is 7.90. The van der Waals surface area contributed by atoms with E-state index in [1.165, 1.54) is 12.8 Å². The number of likely N-dealkylation sites (tertiary alicyclic amines) is 1. The van der Waals surface area contributed by atoms with Gasteiger partial charge in [-0.3, -0.25) is 4.90 Å². The minimum absolute atomic E-state index is 0.408. The molecule has 2 heterocycles. The maximum Gasteiger partial charge on any atom is 0.0481 e. The van der Waals surface area contributed by atoms with E-state index in [0.717, 1.165) is 13.1 Å². The Balaban J connectivity index is 2.02. The summed E-state index contributed by atoms with van der Waals surface area (Å²) in [4.78, 5) is 2.47. The molecule has 2 aliphatic rings. The minimum atomic E-state index is 0.408. The predicted octanol–water partition coefficient (Wildman–Crippen LogP) is 0.933. The van der Waals surface area contributed by atoms with Crippen LogP contribution in [0.25, 0.3) is 0 Å². The number of fused-ring (bicyclic) bond motifs is 2. The van der Waals surface area contributed by atoms with Gasteiger partial charge in [0.1, 0.15) is 0 Å². The van der Waals surface area contributed by atoms with Crippen molar-refractivity contribution in [2.45, 2.75) is 44.8 Å². The molecule has 0 amide bonds. The number of nitrogens with zero attached hydrogens (tertiary/aromatic N) is 2. The van der Waals surface area contributed by atoms with Crippen molar-refractivity contribution in [1.82, 2.24) is 9.96 Å². The zero-order chi connectivity index (χ0) is 8.72. The van der Waals surface area contributed by atoms with Gasteiger partial charge in [0.15, 0.2) is 0 Å². The Hall–Kier alpha value is -0.120. The fraction of sp³-hybridized carbons (Fsp3) is 1.00. The average Bonchev–Trinajstić information content (AvgIpc) is 2.30. The maximum atomic E-state index is 9.61. The van der Waals surface area contributed by atoms with Crippen LogP contribution in [0.5, 0.6) is 0 Å². The lowest BCUT2D eigenvalue weighted by Crippen LogP contribution is -2.54.